The predicted molar refractivity (Wildman–Crippen MR) is 78.3 cm³/mol. The molecular weight excluding hydrogens is 254 g/mol. The van der Waals surface area contributed by atoms with Crippen LogP contribution >= 0.6 is 0 Å². The van der Waals surface area contributed by atoms with Crippen molar-refractivity contribution in [2.24, 2.45) is 0 Å². The highest BCUT2D eigenvalue weighted by Crippen LogP contribution is 2.34. The SMILES string of the molecule is Cc1nc(N)ccc1[C@@H]1CCCN1C(=O)OC(C)(C)C. The standard InChI is InChI=1S/C15H23N3O2/c1-10-11(7-8-13(16)17-10)12-6-5-9-18(12)14(19)20-15(2,3)4/h7-8,12H,5-6,9H2,1-4H3,(H2,16,17)/t12-/m0/s1. The number of nitrogens with zero attached hydrogens (tertiary/aromatic N) is 2. The van der Waals surface area contributed by atoms with Gasteiger partial charge >= 0.3 is 6.09 Å². The number of carbonyl (C=O) groups excluding carboxylic acids is 1. The predicted octanol–water partition coefficient (Wildman–Crippen LogP) is 3.04. The number of nitrogens with two attached hydrogens (primary N) is 1. The van der Waals surface area contributed by atoms with Crippen LogP contribution in [0.5, 0.6) is 0 Å². The van der Waals surface area contributed by atoms with Crippen LogP contribution in [0.2, 0.25) is 0 Å². The molecule has 0 unspecified atom stereocenters. The zero-order valence-corrected chi connectivity index (χ0v) is 12.6. The molecule has 2 rings (SSSR count). The van der Waals surface area contributed by atoms with Gasteiger partial charge in [0.05, 0.1) is 6.04 Å². The number of hydrogen-bond acceptors (Lipinski definition) is 4. The molecule has 1 aromatic rings. The Bertz CT molecular complexity index is 508. The van der Waals surface area contributed by atoms with Crippen LogP contribution in [-0.2, 0) is 4.74 Å². The molecule has 1 amide bonds. The van der Waals surface area contributed by atoms with Crippen LogP contribution in [0.25, 0.3) is 0 Å². The zero-order valence-electron chi connectivity index (χ0n) is 12.6. The van der Waals surface area contributed by atoms with Crippen LogP contribution in [0.1, 0.15) is 50.9 Å². The maximum atomic E-state index is 12.3. The van der Waals surface area contributed by atoms with Crippen LogP contribution in [0.4, 0.5) is 10.6 Å². The number of likely N-dealkylation sites (tertiary alicyclic amines) is 1. The number of ether oxygens (including phenoxy) is 1. The first-order chi connectivity index (χ1) is 9.28. The van der Waals surface area contributed by atoms with E-state index in [9.17, 15) is 4.79 Å². The minimum absolute atomic E-state index is 0.0398. The number of pyridine rings is 1. The Morgan fingerprint density at radius 2 is 2.15 bits per heavy atom. The number of rotatable bonds is 1. The fourth-order valence-electron chi connectivity index (χ4n) is 2.57. The topological polar surface area (TPSA) is 68.5 Å². The Morgan fingerprint density at radius 1 is 1.45 bits per heavy atom. The molecule has 20 heavy (non-hydrogen) atoms. The number of anilines is 1. The normalized spacial score (nSPS) is 19.2. The molecule has 0 bridgehead atoms. The lowest BCUT2D eigenvalue weighted by molar-refractivity contribution is 0.0224. The molecule has 5 heteroatoms. The Morgan fingerprint density at radius 3 is 2.75 bits per heavy atom. The van der Waals surface area contributed by atoms with Crippen LogP contribution in [0, 0.1) is 6.92 Å². The summed E-state index contributed by atoms with van der Waals surface area (Å²) >= 11 is 0. The first-order valence-electron chi connectivity index (χ1n) is 7.00. The summed E-state index contributed by atoms with van der Waals surface area (Å²) in [6, 6.07) is 3.79. The molecule has 0 saturated carbocycles. The van der Waals surface area contributed by atoms with Crippen LogP contribution in [0.3, 0.4) is 0 Å². The summed E-state index contributed by atoms with van der Waals surface area (Å²) in [6.07, 6.45) is 1.66. The van der Waals surface area contributed by atoms with Crippen LogP contribution in [0.15, 0.2) is 12.1 Å². The quantitative estimate of drug-likeness (QED) is 0.856. The van der Waals surface area contributed by atoms with Gasteiger partial charge < -0.3 is 15.4 Å². The minimum atomic E-state index is -0.474. The van der Waals surface area contributed by atoms with Crippen molar-refractivity contribution < 1.29 is 9.53 Å². The molecule has 0 spiro atoms. The van der Waals surface area contributed by atoms with E-state index in [2.05, 4.69) is 4.98 Å². The van der Waals surface area contributed by atoms with Gasteiger partial charge in [-0.25, -0.2) is 9.78 Å². The maximum absolute atomic E-state index is 12.3. The zero-order chi connectivity index (χ0) is 14.9. The molecule has 1 aliphatic rings. The summed E-state index contributed by atoms with van der Waals surface area (Å²) in [7, 11) is 0. The third-order valence-corrected chi connectivity index (χ3v) is 3.39. The van der Waals surface area contributed by atoms with Gasteiger partial charge in [0, 0.05) is 12.2 Å². The van der Waals surface area contributed by atoms with Crippen molar-refractivity contribution in [3.05, 3.63) is 23.4 Å². The van der Waals surface area contributed by atoms with Crippen LogP contribution < -0.4 is 5.73 Å². The van der Waals surface area contributed by atoms with Gasteiger partial charge in [-0.05, 0) is 52.2 Å². The molecule has 5 nitrogen and oxygen atoms in total. The molecule has 2 heterocycles. The molecule has 110 valence electrons. The Labute approximate surface area is 120 Å². The second kappa shape index (κ2) is 5.31. The monoisotopic (exact) mass is 277 g/mol. The lowest BCUT2D eigenvalue weighted by Gasteiger charge is -2.29. The van der Waals surface area contributed by atoms with Gasteiger partial charge in [0.2, 0.25) is 0 Å². The fourth-order valence-corrected chi connectivity index (χ4v) is 2.57. The summed E-state index contributed by atoms with van der Waals surface area (Å²) < 4.78 is 5.48. The van der Waals surface area contributed by atoms with Crippen molar-refractivity contribution >= 4 is 11.9 Å². The highest BCUT2D eigenvalue weighted by molar-refractivity contribution is 5.69. The van der Waals surface area contributed by atoms with E-state index in [0.717, 1.165) is 30.6 Å². The van der Waals surface area contributed by atoms with E-state index in [1.165, 1.54) is 0 Å². The van der Waals surface area contributed by atoms with Crippen molar-refractivity contribution in [1.82, 2.24) is 9.88 Å². The third-order valence-electron chi connectivity index (χ3n) is 3.39. The smallest absolute Gasteiger partial charge is 0.410 e. The highest BCUT2D eigenvalue weighted by Gasteiger charge is 2.34. The van der Waals surface area contributed by atoms with E-state index in [1.807, 2.05) is 33.8 Å². The average molecular weight is 277 g/mol. The van der Waals surface area contributed by atoms with Gasteiger partial charge in [-0.2, -0.15) is 0 Å². The summed E-state index contributed by atoms with van der Waals surface area (Å²) in [5, 5.41) is 0. The van der Waals surface area contributed by atoms with Crippen molar-refractivity contribution in [2.45, 2.75) is 52.2 Å². The molecule has 1 aromatic heterocycles. The molecule has 0 radical (unpaired) electrons. The van der Waals surface area contributed by atoms with Crippen molar-refractivity contribution in [1.29, 1.82) is 0 Å². The second-order valence-electron chi connectivity index (χ2n) is 6.24. The van der Waals surface area contributed by atoms with Gasteiger partial charge in [-0.15, -0.1) is 0 Å². The summed E-state index contributed by atoms with van der Waals surface area (Å²) in [5.74, 6) is 0.507. The van der Waals surface area contributed by atoms with Gasteiger partial charge in [0.1, 0.15) is 11.4 Å². The van der Waals surface area contributed by atoms with E-state index in [-0.39, 0.29) is 12.1 Å². The van der Waals surface area contributed by atoms with E-state index < -0.39 is 5.60 Å². The molecule has 0 aromatic carbocycles. The number of amides is 1. The van der Waals surface area contributed by atoms with Gasteiger partial charge in [-0.3, -0.25) is 0 Å². The Kier molecular flexibility index (Phi) is 3.88. The Balaban J connectivity index is 2.21. The molecule has 1 fully saturated rings. The summed E-state index contributed by atoms with van der Waals surface area (Å²) in [5.41, 5.74) is 7.15. The van der Waals surface area contributed by atoms with E-state index in [4.69, 9.17) is 10.5 Å². The van der Waals surface area contributed by atoms with Crippen molar-refractivity contribution in [3.8, 4) is 0 Å². The largest absolute Gasteiger partial charge is 0.444 e. The number of aryl methyl sites for hydroxylation is 1. The van der Waals surface area contributed by atoms with Gasteiger partial charge in [0.15, 0.2) is 0 Å². The van der Waals surface area contributed by atoms with Crippen molar-refractivity contribution in [3.63, 3.8) is 0 Å². The third kappa shape index (κ3) is 3.21. The van der Waals surface area contributed by atoms with E-state index >= 15 is 0 Å². The molecule has 2 N–H and O–H groups in total. The maximum Gasteiger partial charge on any atom is 0.410 e. The number of carbonyl (C=O) groups is 1. The lowest BCUT2D eigenvalue weighted by atomic mass is 10.0. The Hall–Kier alpha value is -1.78. The van der Waals surface area contributed by atoms with Crippen LogP contribution in [-0.4, -0.2) is 28.1 Å². The van der Waals surface area contributed by atoms with Crippen molar-refractivity contribution in [2.75, 3.05) is 12.3 Å². The molecule has 1 aliphatic heterocycles. The van der Waals surface area contributed by atoms with E-state index in [0.29, 0.717) is 5.82 Å². The molecule has 0 aliphatic carbocycles. The van der Waals surface area contributed by atoms with E-state index in [1.54, 1.807) is 11.0 Å². The summed E-state index contributed by atoms with van der Waals surface area (Å²) in [4.78, 5) is 18.4. The fraction of sp³-hybridized carbons (Fsp3) is 0.600. The molecular formula is C15H23N3O2. The number of nitrogen functional groups attached to an aromatic ring is 1. The highest BCUT2D eigenvalue weighted by atomic mass is 16.6. The number of hydrogen-bond donors (Lipinski definition) is 1. The molecule has 1 saturated heterocycles. The second-order valence-corrected chi connectivity index (χ2v) is 6.24. The minimum Gasteiger partial charge on any atom is -0.444 e. The first kappa shape index (κ1) is 14.6. The lowest BCUT2D eigenvalue weighted by Crippen LogP contribution is -2.36. The number of aromatic nitrogens is 1. The first-order valence-corrected chi connectivity index (χ1v) is 7.00. The average Bonchev–Trinajstić information content (AvgIpc) is 2.75. The summed E-state index contributed by atoms with van der Waals surface area (Å²) in [6.45, 7) is 8.30. The molecule has 1 atom stereocenters. The van der Waals surface area contributed by atoms with Gasteiger partial charge in [-0.1, -0.05) is 6.07 Å². The van der Waals surface area contributed by atoms with Gasteiger partial charge in [0.25, 0.3) is 0 Å².